The molecule has 0 aliphatic carbocycles. The Labute approximate surface area is 165 Å². The second-order valence-electron chi connectivity index (χ2n) is 6.80. The van der Waals surface area contributed by atoms with Crippen LogP contribution in [0.4, 0.5) is 0 Å². The second kappa shape index (κ2) is 8.87. The van der Waals surface area contributed by atoms with Crippen molar-refractivity contribution in [2.24, 2.45) is 0 Å². The van der Waals surface area contributed by atoms with Gasteiger partial charge in [0.25, 0.3) is 0 Å². The standard InChI is InChI=1S/C24H26O4/c1-4-7-11-16-12-10-15-19-22(16)24(28-21(26)6-3)18-14-9-8-13-17(18)23(19)27-20(25)5-2/h8-10,12-15H,4-7,11H2,1-3H3. The van der Waals surface area contributed by atoms with Crippen LogP contribution in [0, 0.1) is 0 Å². The third-order valence-electron chi connectivity index (χ3n) is 4.85. The van der Waals surface area contributed by atoms with Gasteiger partial charge in [0.1, 0.15) is 11.5 Å². The van der Waals surface area contributed by atoms with E-state index in [9.17, 15) is 9.59 Å². The van der Waals surface area contributed by atoms with E-state index >= 15 is 0 Å². The van der Waals surface area contributed by atoms with E-state index in [2.05, 4.69) is 13.0 Å². The molecule has 0 saturated carbocycles. The van der Waals surface area contributed by atoms with E-state index in [1.165, 1.54) is 0 Å². The summed E-state index contributed by atoms with van der Waals surface area (Å²) in [5.41, 5.74) is 1.10. The van der Waals surface area contributed by atoms with Crippen molar-refractivity contribution >= 4 is 33.5 Å². The van der Waals surface area contributed by atoms with E-state index in [0.717, 1.165) is 46.4 Å². The molecule has 0 amide bonds. The first kappa shape index (κ1) is 19.9. The molecule has 0 atom stereocenters. The highest BCUT2D eigenvalue weighted by Crippen LogP contribution is 2.44. The van der Waals surface area contributed by atoms with Gasteiger partial charge in [0.15, 0.2) is 0 Å². The predicted molar refractivity (Wildman–Crippen MR) is 112 cm³/mol. The van der Waals surface area contributed by atoms with Crippen molar-refractivity contribution in [3.63, 3.8) is 0 Å². The summed E-state index contributed by atoms with van der Waals surface area (Å²) in [5.74, 6) is 0.520. The highest BCUT2D eigenvalue weighted by atomic mass is 16.5. The van der Waals surface area contributed by atoms with E-state index in [-0.39, 0.29) is 18.4 Å². The van der Waals surface area contributed by atoms with Gasteiger partial charge in [0, 0.05) is 34.4 Å². The van der Waals surface area contributed by atoms with Gasteiger partial charge in [0.2, 0.25) is 0 Å². The van der Waals surface area contributed by atoms with Gasteiger partial charge in [-0.2, -0.15) is 0 Å². The first-order valence-electron chi connectivity index (χ1n) is 9.98. The predicted octanol–water partition coefficient (Wildman–Crippen LogP) is 5.97. The SMILES string of the molecule is CCCCc1cccc2c(OC(=O)CC)c3ccccc3c(OC(=O)CC)c12. The summed E-state index contributed by atoms with van der Waals surface area (Å²) in [7, 11) is 0. The minimum Gasteiger partial charge on any atom is -0.425 e. The molecule has 28 heavy (non-hydrogen) atoms. The summed E-state index contributed by atoms with van der Waals surface area (Å²) >= 11 is 0. The van der Waals surface area contributed by atoms with Crippen LogP contribution in [0.3, 0.4) is 0 Å². The number of fused-ring (bicyclic) bond motifs is 2. The molecule has 0 spiro atoms. The summed E-state index contributed by atoms with van der Waals surface area (Å²) in [5, 5.41) is 3.20. The maximum absolute atomic E-state index is 12.2. The number of ether oxygens (including phenoxy) is 2. The molecule has 0 fully saturated rings. The lowest BCUT2D eigenvalue weighted by Gasteiger charge is -2.18. The van der Waals surface area contributed by atoms with Gasteiger partial charge in [-0.05, 0) is 18.4 Å². The van der Waals surface area contributed by atoms with Crippen LogP contribution in [0.15, 0.2) is 42.5 Å². The van der Waals surface area contributed by atoms with E-state index < -0.39 is 0 Å². The van der Waals surface area contributed by atoms with Crippen molar-refractivity contribution < 1.29 is 19.1 Å². The summed E-state index contributed by atoms with van der Waals surface area (Å²) in [6, 6.07) is 13.6. The maximum atomic E-state index is 12.2. The van der Waals surface area contributed by atoms with Crippen LogP contribution >= 0.6 is 0 Å². The van der Waals surface area contributed by atoms with Gasteiger partial charge >= 0.3 is 11.9 Å². The van der Waals surface area contributed by atoms with E-state index in [0.29, 0.717) is 17.9 Å². The molecule has 0 N–H and O–H groups in total. The molecule has 4 heteroatoms. The largest absolute Gasteiger partial charge is 0.425 e. The van der Waals surface area contributed by atoms with Crippen molar-refractivity contribution in [1.29, 1.82) is 0 Å². The number of esters is 2. The Morgan fingerprint density at radius 2 is 1.32 bits per heavy atom. The average Bonchev–Trinajstić information content (AvgIpc) is 2.73. The van der Waals surface area contributed by atoms with E-state index in [1.807, 2.05) is 36.4 Å². The molecule has 3 aromatic carbocycles. The Kier molecular flexibility index (Phi) is 6.30. The third-order valence-corrected chi connectivity index (χ3v) is 4.85. The van der Waals surface area contributed by atoms with Crippen LogP contribution in [0.25, 0.3) is 21.5 Å². The number of unbranched alkanes of at least 4 members (excludes halogenated alkanes) is 1. The fourth-order valence-electron chi connectivity index (χ4n) is 3.38. The molecule has 3 rings (SSSR count). The number of rotatable bonds is 7. The molecule has 0 saturated heterocycles. The first-order valence-corrected chi connectivity index (χ1v) is 9.98. The molecule has 0 radical (unpaired) electrons. The van der Waals surface area contributed by atoms with Gasteiger partial charge in [0.05, 0.1) is 0 Å². The van der Waals surface area contributed by atoms with E-state index in [4.69, 9.17) is 9.47 Å². The Balaban J connectivity index is 2.40. The van der Waals surface area contributed by atoms with Crippen molar-refractivity contribution in [2.45, 2.75) is 52.9 Å². The summed E-state index contributed by atoms with van der Waals surface area (Å²) < 4.78 is 11.6. The lowest BCUT2D eigenvalue weighted by molar-refractivity contribution is -0.134. The Morgan fingerprint density at radius 1 is 0.750 bits per heavy atom. The van der Waals surface area contributed by atoms with Crippen molar-refractivity contribution in [3.8, 4) is 11.5 Å². The van der Waals surface area contributed by atoms with Gasteiger partial charge < -0.3 is 9.47 Å². The molecule has 0 heterocycles. The van der Waals surface area contributed by atoms with Gasteiger partial charge in [-0.1, -0.05) is 69.7 Å². The second-order valence-corrected chi connectivity index (χ2v) is 6.80. The van der Waals surface area contributed by atoms with Crippen LogP contribution in [0.5, 0.6) is 11.5 Å². The zero-order valence-electron chi connectivity index (χ0n) is 16.7. The minimum absolute atomic E-state index is 0.282. The number of hydrogen-bond acceptors (Lipinski definition) is 4. The van der Waals surface area contributed by atoms with E-state index in [1.54, 1.807) is 13.8 Å². The smallest absolute Gasteiger partial charge is 0.310 e. The van der Waals surface area contributed by atoms with Crippen LogP contribution in [0.1, 0.15) is 52.0 Å². The molecular weight excluding hydrogens is 352 g/mol. The van der Waals surface area contributed by atoms with Crippen molar-refractivity contribution in [2.75, 3.05) is 0 Å². The van der Waals surface area contributed by atoms with Crippen LogP contribution in [-0.2, 0) is 16.0 Å². The van der Waals surface area contributed by atoms with Crippen LogP contribution < -0.4 is 9.47 Å². The number of carbonyl (C=O) groups is 2. The minimum atomic E-state index is -0.288. The molecule has 0 aliphatic heterocycles. The number of carbonyl (C=O) groups excluding carboxylic acids is 2. The van der Waals surface area contributed by atoms with Crippen LogP contribution in [0.2, 0.25) is 0 Å². The Hall–Kier alpha value is -2.88. The molecule has 0 unspecified atom stereocenters. The lowest BCUT2D eigenvalue weighted by atomic mass is 9.94. The molecule has 0 bridgehead atoms. The summed E-state index contributed by atoms with van der Waals surface area (Å²) in [6.07, 6.45) is 3.53. The monoisotopic (exact) mass is 378 g/mol. The zero-order valence-corrected chi connectivity index (χ0v) is 16.7. The number of aryl methyl sites for hydroxylation is 1. The Bertz CT molecular complexity index is 1020. The third kappa shape index (κ3) is 3.86. The van der Waals surface area contributed by atoms with Crippen LogP contribution in [-0.4, -0.2) is 11.9 Å². The van der Waals surface area contributed by atoms with Crippen molar-refractivity contribution in [1.82, 2.24) is 0 Å². The lowest BCUT2D eigenvalue weighted by Crippen LogP contribution is -2.10. The molecule has 3 aromatic rings. The molecule has 4 nitrogen and oxygen atoms in total. The average molecular weight is 378 g/mol. The number of benzene rings is 3. The highest BCUT2D eigenvalue weighted by molar-refractivity contribution is 6.13. The maximum Gasteiger partial charge on any atom is 0.310 e. The first-order chi connectivity index (χ1) is 13.6. The molecule has 0 aliphatic rings. The zero-order chi connectivity index (χ0) is 20.1. The molecule has 146 valence electrons. The van der Waals surface area contributed by atoms with Gasteiger partial charge in [-0.25, -0.2) is 0 Å². The van der Waals surface area contributed by atoms with Gasteiger partial charge in [-0.3, -0.25) is 9.59 Å². The molecular formula is C24H26O4. The Morgan fingerprint density at radius 3 is 1.93 bits per heavy atom. The quantitative estimate of drug-likeness (QED) is 0.289. The topological polar surface area (TPSA) is 52.6 Å². The highest BCUT2D eigenvalue weighted by Gasteiger charge is 2.21. The fraction of sp³-hybridized carbons (Fsp3) is 0.333. The van der Waals surface area contributed by atoms with Crippen molar-refractivity contribution in [3.05, 3.63) is 48.0 Å². The summed E-state index contributed by atoms with van der Waals surface area (Å²) in [6.45, 7) is 5.70. The molecule has 0 aromatic heterocycles. The van der Waals surface area contributed by atoms with Gasteiger partial charge in [-0.15, -0.1) is 0 Å². The fourth-order valence-corrected chi connectivity index (χ4v) is 3.38. The number of hydrogen-bond donors (Lipinski definition) is 0. The summed E-state index contributed by atoms with van der Waals surface area (Å²) in [4.78, 5) is 24.3. The normalized spacial score (nSPS) is 11.0.